The van der Waals surface area contributed by atoms with E-state index in [1.54, 1.807) is 31.2 Å². The van der Waals surface area contributed by atoms with Crippen molar-refractivity contribution < 1.29 is 19.0 Å². The molecule has 2 rings (SSSR count). The summed E-state index contributed by atoms with van der Waals surface area (Å²) < 4.78 is 18.6. The highest BCUT2D eigenvalue weighted by Gasteiger charge is 2.13. The molecule has 0 fully saturated rings. The number of ether oxygens (including phenoxy) is 1. The van der Waals surface area contributed by atoms with Crippen LogP contribution in [0.1, 0.15) is 23.6 Å². The highest BCUT2D eigenvalue weighted by Crippen LogP contribution is 2.18. The van der Waals surface area contributed by atoms with Crippen molar-refractivity contribution in [3.05, 3.63) is 89.5 Å². The first-order chi connectivity index (χ1) is 12.9. The zero-order valence-corrected chi connectivity index (χ0v) is 15.5. The standard InChI is InChI=1S/C22H24FNO3/c1-15(14-27-3)21(25)12-17-7-6-9-18(11-17)16(2)22(26)24-13-19-8-4-5-10-20(19)23/h4-11,14,21,25H,2,12-13H2,1,3H3,(H,24,26)/b15-14+. The average Bonchev–Trinajstić information content (AvgIpc) is 2.67. The third-order valence-corrected chi connectivity index (χ3v) is 4.21. The Hall–Kier alpha value is -2.92. The molecule has 142 valence electrons. The fourth-order valence-electron chi connectivity index (χ4n) is 2.59. The smallest absolute Gasteiger partial charge is 0.251 e. The average molecular weight is 369 g/mol. The number of halogens is 1. The molecule has 0 spiro atoms. The second-order valence-corrected chi connectivity index (χ2v) is 6.27. The molecular weight excluding hydrogens is 345 g/mol. The molecular formula is C22H24FNO3. The number of amides is 1. The molecule has 0 radical (unpaired) electrons. The third kappa shape index (κ3) is 5.79. The van der Waals surface area contributed by atoms with E-state index in [0.29, 0.717) is 23.1 Å². The lowest BCUT2D eigenvalue weighted by molar-refractivity contribution is -0.115. The van der Waals surface area contributed by atoms with E-state index in [2.05, 4.69) is 11.9 Å². The molecule has 0 heterocycles. The van der Waals surface area contributed by atoms with Crippen molar-refractivity contribution in [2.45, 2.75) is 26.0 Å². The van der Waals surface area contributed by atoms with Crippen LogP contribution in [0.15, 0.2) is 66.9 Å². The van der Waals surface area contributed by atoms with E-state index >= 15 is 0 Å². The minimum Gasteiger partial charge on any atom is -0.504 e. The topological polar surface area (TPSA) is 58.6 Å². The highest BCUT2D eigenvalue weighted by molar-refractivity contribution is 6.18. The maximum Gasteiger partial charge on any atom is 0.251 e. The molecule has 0 bridgehead atoms. The van der Waals surface area contributed by atoms with Gasteiger partial charge in [0.1, 0.15) is 5.82 Å². The van der Waals surface area contributed by atoms with Crippen molar-refractivity contribution in [3.8, 4) is 0 Å². The second-order valence-electron chi connectivity index (χ2n) is 6.27. The van der Waals surface area contributed by atoms with Gasteiger partial charge in [-0.3, -0.25) is 4.79 Å². The van der Waals surface area contributed by atoms with Crippen LogP contribution in [-0.2, 0) is 22.5 Å². The minimum absolute atomic E-state index is 0.0872. The molecule has 2 aromatic rings. The van der Waals surface area contributed by atoms with Crippen molar-refractivity contribution in [2.75, 3.05) is 7.11 Å². The minimum atomic E-state index is -0.677. The number of benzene rings is 2. The van der Waals surface area contributed by atoms with Crippen molar-refractivity contribution in [2.24, 2.45) is 0 Å². The lowest BCUT2D eigenvalue weighted by atomic mass is 9.98. The van der Waals surface area contributed by atoms with Crippen molar-refractivity contribution >= 4 is 11.5 Å². The van der Waals surface area contributed by atoms with Gasteiger partial charge in [0.05, 0.1) is 19.5 Å². The number of carbonyl (C=O) groups excluding carboxylic acids is 1. The number of rotatable bonds is 8. The van der Waals surface area contributed by atoms with Gasteiger partial charge in [-0.2, -0.15) is 0 Å². The fourth-order valence-corrected chi connectivity index (χ4v) is 2.59. The van der Waals surface area contributed by atoms with Gasteiger partial charge < -0.3 is 15.2 Å². The normalized spacial score (nSPS) is 12.4. The van der Waals surface area contributed by atoms with E-state index in [1.165, 1.54) is 19.4 Å². The summed E-state index contributed by atoms with van der Waals surface area (Å²) >= 11 is 0. The summed E-state index contributed by atoms with van der Waals surface area (Å²) in [4.78, 5) is 12.3. The summed E-state index contributed by atoms with van der Waals surface area (Å²) in [5, 5.41) is 12.9. The first kappa shape index (κ1) is 20.4. The molecule has 27 heavy (non-hydrogen) atoms. The highest BCUT2D eigenvalue weighted by atomic mass is 19.1. The molecule has 1 atom stereocenters. The van der Waals surface area contributed by atoms with Gasteiger partial charge in [-0.25, -0.2) is 4.39 Å². The quantitative estimate of drug-likeness (QED) is 0.552. The Labute approximate surface area is 159 Å². The molecule has 0 saturated heterocycles. The van der Waals surface area contributed by atoms with Gasteiger partial charge in [-0.1, -0.05) is 49.0 Å². The van der Waals surface area contributed by atoms with Gasteiger partial charge in [0.15, 0.2) is 0 Å². The summed E-state index contributed by atoms with van der Waals surface area (Å²) in [6, 6.07) is 13.6. The third-order valence-electron chi connectivity index (χ3n) is 4.21. The summed E-state index contributed by atoms with van der Waals surface area (Å²) in [6.07, 6.45) is 1.22. The molecule has 0 saturated carbocycles. The van der Waals surface area contributed by atoms with Gasteiger partial charge in [-0.15, -0.1) is 0 Å². The van der Waals surface area contributed by atoms with Gasteiger partial charge in [-0.05, 0) is 29.7 Å². The van der Waals surface area contributed by atoms with Crippen LogP contribution in [0.25, 0.3) is 5.57 Å². The Morgan fingerprint density at radius 1 is 1.30 bits per heavy atom. The van der Waals surface area contributed by atoms with E-state index in [0.717, 1.165) is 5.56 Å². The lowest BCUT2D eigenvalue weighted by Gasteiger charge is -2.13. The van der Waals surface area contributed by atoms with Crippen molar-refractivity contribution in [3.63, 3.8) is 0 Å². The first-order valence-electron chi connectivity index (χ1n) is 8.59. The number of aliphatic hydroxyl groups excluding tert-OH is 1. The molecule has 0 aromatic heterocycles. The maximum atomic E-state index is 13.6. The summed E-state index contributed by atoms with van der Waals surface area (Å²) in [7, 11) is 1.53. The lowest BCUT2D eigenvalue weighted by Crippen LogP contribution is -2.24. The van der Waals surface area contributed by atoms with Crippen LogP contribution in [0.3, 0.4) is 0 Å². The van der Waals surface area contributed by atoms with Crippen LogP contribution in [0.5, 0.6) is 0 Å². The van der Waals surface area contributed by atoms with Gasteiger partial charge in [0.2, 0.25) is 0 Å². The predicted molar refractivity (Wildman–Crippen MR) is 104 cm³/mol. The van der Waals surface area contributed by atoms with Gasteiger partial charge in [0, 0.05) is 24.1 Å². The molecule has 5 heteroatoms. The van der Waals surface area contributed by atoms with Crippen LogP contribution in [-0.4, -0.2) is 24.2 Å². The van der Waals surface area contributed by atoms with E-state index in [1.807, 2.05) is 18.2 Å². The van der Waals surface area contributed by atoms with Crippen LogP contribution in [0.4, 0.5) is 4.39 Å². The van der Waals surface area contributed by atoms with E-state index in [9.17, 15) is 14.3 Å². The monoisotopic (exact) mass is 369 g/mol. The number of hydrogen-bond acceptors (Lipinski definition) is 3. The van der Waals surface area contributed by atoms with Crippen LogP contribution >= 0.6 is 0 Å². The molecule has 2 N–H and O–H groups in total. The summed E-state index contributed by atoms with van der Waals surface area (Å²) in [6.45, 7) is 5.72. The predicted octanol–water partition coefficient (Wildman–Crippen LogP) is 3.61. The molecule has 2 aromatic carbocycles. The summed E-state index contributed by atoms with van der Waals surface area (Å²) in [5.41, 5.74) is 2.93. The van der Waals surface area contributed by atoms with E-state index in [-0.39, 0.29) is 23.8 Å². The Morgan fingerprint density at radius 2 is 2.04 bits per heavy atom. The molecule has 0 aliphatic heterocycles. The van der Waals surface area contributed by atoms with Crippen LogP contribution in [0.2, 0.25) is 0 Å². The second kappa shape index (κ2) is 9.69. The molecule has 4 nitrogen and oxygen atoms in total. The summed E-state index contributed by atoms with van der Waals surface area (Å²) in [5.74, 6) is -0.731. The SMILES string of the molecule is C=C(C(=O)NCc1ccccc1F)c1cccc(CC(O)/C(C)=C/OC)c1. The number of aliphatic hydroxyl groups is 1. The number of carbonyl (C=O) groups is 1. The van der Waals surface area contributed by atoms with Crippen LogP contribution in [0, 0.1) is 5.82 Å². The zero-order chi connectivity index (χ0) is 19.8. The van der Waals surface area contributed by atoms with Gasteiger partial charge in [0.25, 0.3) is 5.91 Å². The number of hydrogen-bond donors (Lipinski definition) is 2. The maximum absolute atomic E-state index is 13.6. The Balaban J connectivity index is 2.02. The molecule has 1 unspecified atom stereocenters. The first-order valence-corrected chi connectivity index (χ1v) is 8.59. The number of methoxy groups -OCH3 is 1. The largest absolute Gasteiger partial charge is 0.504 e. The molecule has 1 amide bonds. The van der Waals surface area contributed by atoms with E-state index in [4.69, 9.17) is 4.74 Å². The fraction of sp³-hybridized carbons (Fsp3) is 0.227. The van der Waals surface area contributed by atoms with Gasteiger partial charge >= 0.3 is 0 Å². The Bertz CT molecular complexity index is 845. The Kier molecular flexibility index (Phi) is 7.32. The Morgan fingerprint density at radius 3 is 2.74 bits per heavy atom. The zero-order valence-electron chi connectivity index (χ0n) is 15.5. The van der Waals surface area contributed by atoms with E-state index < -0.39 is 6.10 Å². The molecule has 0 aliphatic carbocycles. The van der Waals surface area contributed by atoms with Crippen LogP contribution < -0.4 is 5.32 Å². The number of nitrogens with one attached hydrogen (secondary N) is 1. The van der Waals surface area contributed by atoms with Crippen molar-refractivity contribution in [1.82, 2.24) is 5.32 Å². The van der Waals surface area contributed by atoms with Crippen molar-refractivity contribution in [1.29, 1.82) is 0 Å². The molecule has 0 aliphatic rings.